The molecule has 2 nitrogen and oxygen atoms in total. The normalized spacial score (nSPS) is 12.5. The van der Waals surface area contributed by atoms with E-state index in [9.17, 15) is 0 Å². The molecule has 0 amide bonds. The molecule has 1 atom stereocenters. The van der Waals surface area contributed by atoms with E-state index < -0.39 is 0 Å². The maximum Gasteiger partial charge on any atom is 0.0346 e. The summed E-state index contributed by atoms with van der Waals surface area (Å²) in [6, 6.07) is 17.2. The summed E-state index contributed by atoms with van der Waals surface area (Å²) in [6.07, 6.45) is 3.76. The van der Waals surface area contributed by atoms with Gasteiger partial charge in [0.1, 0.15) is 0 Å². The Labute approximate surface area is 133 Å². The van der Waals surface area contributed by atoms with Gasteiger partial charge < -0.3 is 5.32 Å². The van der Waals surface area contributed by atoms with Gasteiger partial charge in [0, 0.05) is 34.8 Å². The van der Waals surface area contributed by atoms with Crippen molar-refractivity contribution < 1.29 is 0 Å². The Morgan fingerprint density at radius 3 is 2.86 bits per heavy atom. The Bertz CT molecular complexity index is 750. The first-order valence-corrected chi connectivity index (χ1v) is 7.84. The molecule has 106 valence electrons. The lowest BCUT2D eigenvalue weighted by atomic mass is 10.1. The molecule has 2 aromatic carbocycles. The number of halogens is 1. The molecule has 0 saturated heterocycles. The van der Waals surface area contributed by atoms with Crippen LogP contribution in [0.2, 0.25) is 0 Å². The molecule has 0 spiro atoms. The fourth-order valence-corrected chi connectivity index (χ4v) is 2.92. The number of hydrogen-bond donors (Lipinski definition) is 1. The van der Waals surface area contributed by atoms with Gasteiger partial charge >= 0.3 is 0 Å². The van der Waals surface area contributed by atoms with Gasteiger partial charge in [-0.25, -0.2) is 0 Å². The third-order valence-corrected chi connectivity index (χ3v) is 4.21. The number of nitrogens with one attached hydrogen (secondary N) is 1. The molecule has 0 aliphatic heterocycles. The van der Waals surface area contributed by atoms with Gasteiger partial charge in [0.2, 0.25) is 0 Å². The Morgan fingerprint density at radius 2 is 2.00 bits per heavy atom. The van der Waals surface area contributed by atoms with Crippen LogP contribution in [0.1, 0.15) is 24.1 Å². The van der Waals surface area contributed by atoms with Crippen LogP contribution < -0.4 is 5.32 Å². The predicted molar refractivity (Wildman–Crippen MR) is 91.1 cm³/mol. The monoisotopic (exact) mass is 340 g/mol. The summed E-state index contributed by atoms with van der Waals surface area (Å²) in [5.74, 6) is 0. The SMILES string of the molecule is C[C@H](NCc1cccc2cnccc12)c1cccc(Br)c1. The highest BCUT2D eigenvalue weighted by molar-refractivity contribution is 9.10. The summed E-state index contributed by atoms with van der Waals surface area (Å²) >= 11 is 3.52. The molecule has 0 aliphatic rings. The summed E-state index contributed by atoms with van der Waals surface area (Å²) in [5.41, 5.74) is 2.59. The van der Waals surface area contributed by atoms with E-state index in [1.807, 2.05) is 18.5 Å². The van der Waals surface area contributed by atoms with Gasteiger partial charge in [-0.05, 0) is 41.6 Å². The van der Waals surface area contributed by atoms with Crippen LogP contribution in [0.3, 0.4) is 0 Å². The summed E-state index contributed by atoms with van der Waals surface area (Å²) in [4.78, 5) is 4.18. The Morgan fingerprint density at radius 1 is 1.14 bits per heavy atom. The van der Waals surface area contributed by atoms with Crippen molar-refractivity contribution in [3.05, 3.63) is 76.5 Å². The molecular weight excluding hydrogens is 324 g/mol. The predicted octanol–water partition coefficient (Wildman–Crippen LogP) is 4.85. The van der Waals surface area contributed by atoms with Crippen molar-refractivity contribution in [2.24, 2.45) is 0 Å². The van der Waals surface area contributed by atoms with Gasteiger partial charge in [-0.2, -0.15) is 0 Å². The van der Waals surface area contributed by atoms with Crippen molar-refractivity contribution in [1.82, 2.24) is 10.3 Å². The van der Waals surface area contributed by atoms with Gasteiger partial charge in [0.15, 0.2) is 0 Å². The topological polar surface area (TPSA) is 24.9 Å². The fraction of sp³-hybridized carbons (Fsp3) is 0.167. The lowest BCUT2D eigenvalue weighted by Crippen LogP contribution is -2.18. The molecule has 3 aromatic rings. The highest BCUT2D eigenvalue weighted by atomic mass is 79.9. The maximum atomic E-state index is 4.18. The summed E-state index contributed by atoms with van der Waals surface area (Å²) in [7, 11) is 0. The minimum atomic E-state index is 0.305. The molecule has 0 aliphatic carbocycles. The Hall–Kier alpha value is -1.71. The highest BCUT2D eigenvalue weighted by Crippen LogP contribution is 2.20. The molecule has 0 bridgehead atoms. The summed E-state index contributed by atoms with van der Waals surface area (Å²) in [6.45, 7) is 3.03. The molecule has 3 rings (SSSR count). The standard InChI is InChI=1S/C18H17BrN2/c1-13(14-4-3-7-17(19)10-14)21-12-16-6-2-5-15-11-20-9-8-18(15)16/h2-11,13,21H,12H2,1H3/t13-/m0/s1. The summed E-state index contributed by atoms with van der Waals surface area (Å²) < 4.78 is 1.12. The highest BCUT2D eigenvalue weighted by Gasteiger charge is 2.06. The first kappa shape index (κ1) is 14.2. The van der Waals surface area contributed by atoms with E-state index >= 15 is 0 Å². The van der Waals surface area contributed by atoms with Gasteiger partial charge in [0.05, 0.1) is 0 Å². The molecule has 0 radical (unpaired) electrons. The van der Waals surface area contributed by atoms with Crippen molar-refractivity contribution >= 4 is 26.7 Å². The third-order valence-electron chi connectivity index (χ3n) is 3.72. The van der Waals surface area contributed by atoms with Crippen LogP contribution >= 0.6 is 15.9 Å². The lowest BCUT2D eigenvalue weighted by Gasteiger charge is -2.15. The van der Waals surface area contributed by atoms with E-state index in [1.54, 1.807) is 0 Å². The van der Waals surface area contributed by atoms with Crippen LogP contribution in [0.25, 0.3) is 10.8 Å². The molecule has 1 N–H and O–H groups in total. The smallest absolute Gasteiger partial charge is 0.0346 e. The lowest BCUT2D eigenvalue weighted by molar-refractivity contribution is 0.576. The first-order chi connectivity index (χ1) is 10.2. The van der Waals surface area contributed by atoms with E-state index in [2.05, 4.69) is 75.6 Å². The zero-order chi connectivity index (χ0) is 14.7. The molecule has 1 aromatic heterocycles. The van der Waals surface area contributed by atoms with Gasteiger partial charge in [-0.1, -0.05) is 46.3 Å². The van der Waals surface area contributed by atoms with Crippen molar-refractivity contribution in [3.8, 4) is 0 Å². The number of fused-ring (bicyclic) bond motifs is 1. The van der Waals surface area contributed by atoms with Crippen LogP contribution in [-0.2, 0) is 6.54 Å². The van der Waals surface area contributed by atoms with Crippen molar-refractivity contribution in [1.29, 1.82) is 0 Å². The molecular formula is C18H17BrN2. The number of rotatable bonds is 4. The minimum Gasteiger partial charge on any atom is -0.306 e. The zero-order valence-corrected chi connectivity index (χ0v) is 13.5. The number of benzene rings is 2. The van der Waals surface area contributed by atoms with Crippen LogP contribution in [0.4, 0.5) is 0 Å². The largest absolute Gasteiger partial charge is 0.306 e. The molecule has 21 heavy (non-hydrogen) atoms. The minimum absolute atomic E-state index is 0.305. The second-order valence-corrected chi connectivity index (χ2v) is 6.09. The average molecular weight is 341 g/mol. The Balaban J connectivity index is 1.77. The third kappa shape index (κ3) is 3.31. The number of pyridine rings is 1. The van der Waals surface area contributed by atoms with E-state index in [4.69, 9.17) is 0 Å². The van der Waals surface area contributed by atoms with Gasteiger partial charge in [0.25, 0.3) is 0 Å². The molecule has 0 saturated carbocycles. The van der Waals surface area contributed by atoms with Crippen LogP contribution in [0.5, 0.6) is 0 Å². The fourth-order valence-electron chi connectivity index (χ4n) is 2.50. The van der Waals surface area contributed by atoms with E-state index in [0.717, 1.165) is 11.0 Å². The van der Waals surface area contributed by atoms with Crippen LogP contribution in [0.15, 0.2) is 65.4 Å². The number of hydrogen-bond acceptors (Lipinski definition) is 2. The quantitative estimate of drug-likeness (QED) is 0.734. The van der Waals surface area contributed by atoms with E-state index in [1.165, 1.54) is 21.9 Å². The van der Waals surface area contributed by atoms with Crippen LogP contribution in [-0.4, -0.2) is 4.98 Å². The first-order valence-electron chi connectivity index (χ1n) is 7.04. The van der Waals surface area contributed by atoms with E-state index in [-0.39, 0.29) is 0 Å². The Kier molecular flexibility index (Phi) is 4.32. The molecule has 0 fully saturated rings. The molecule has 0 unspecified atom stereocenters. The van der Waals surface area contributed by atoms with Crippen molar-refractivity contribution in [3.63, 3.8) is 0 Å². The number of aromatic nitrogens is 1. The van der Waals surface area contributed by atoms with E-state index in [0.29, 0.717) is 6.04 Å². The summed E-state index contributed by atoms with van der Waals surface area (Å²) in [5, 5.41) is 6.05. The zero-order valence-electron chi connectivity index (χ0n) is 11.9. The number of nitrogens with zero attached hydrogens (tertiary/aromatic N) is 1. The average Bonchev–Trinajstić information content (AvgIpc) is 2.52. The van der Waals surface area contributed by atoms with Crippen molar-refractivity contribution in [2.45, 2.75) is 19.5 Å². The van der Waals surface area contributed by atoms with Crippen LogP contribution in [0, 0.1) is 0 Å². The maximum absolute atomic E-state index is 4.18. The molecule has 1 heterocycles. The van der Waals surface area contributed by atoms with Gasteiger partial charge in [-0.15, -0.1) is 0 Å². The molecule has 3 heteroatoms. The second kappa shape index (κ2) is 6.37. The van der Waals surface area contributed by atoms with Crippen molar-refractivity contribution in [2.75, 3.05) is 0 Å². The van der Waals surface area contributed by atoms with Gasteiger partial charge in [-0.3, -0.25) is 4.98 Å². The second-order valence-electron chi connectivity index (χ2n) is 5.17.